The molecule has 0 aliphatic carbocycles. The Bertz CT molecular complexity index is 575. The lowest BCUT2D eigenvalue weighted by Crippen LogP contribution is -2.23. The summed E-state index contributed by atoms with van der Waals surface area (Å²) in [6.45, 7) is 7.34. The van der Waals surface area contributed by atoms with Gasteiger partial charge >= 0.3 is 0 Å². The predicted molar refractivity (Wildman–Crippen MR) is 92.1 cm³/mol. The minimum absolute atomic E-state index is 0.307. The second-order valence-electron chi connectivity index (χ2n) is 5.50. The molecule has 1 unspecified atom stereocenters. The van der Waals surface area contributed by atoms with Crippen LogP contribution >= 0.6 is 11.6 Å². The van der Waals surface area contributed by atoms with Crippen LogP contribution in [0.15, 0.2) is 42.5 Å². The molecular weight excluding hydrogens is 278 g/mol. The van der Waals surface area contributed by atoms with E-state index in [0.717, 1.165) is 24.4 Å². The van der Waals surface area contributed by atoms with Crippen LogP contribution in [0.1, 0.15) is 42.1 Å². The quantitative estimate of drug-likeness (QED) is 0.782. The van der Waals surface area contributed by atoms with Gasteiger partial charge in [0.05, 0.1) is 0 Å². The molecule has 1 nitrogen and oxygen atoms in total. The third kappa shape index (κ3) is 4.33. The summed E-state index contributed by atoms with van der Waals surface area (Å²) in [4.78, 5) is 0. The minimum Gasteiger partial charge on any atom is -0.310 e. The van der Waals surface area contributed by atoms with E-state index in [1.54, 1.807) is 0 Å². The zero-order valence-electron chi connectivity index (χ0n) is 13.1. The number of benzene rings is 2. The Hall–Kier alpha value is -1.31. The summed E-state index contributed by atoms with van der Waals surface area (Å²) >= 11 is 6.38. The predicted octanol–water partition coefficient (Wildman–Crippen LogP) is 5.10. The van der Waals surface area contributed by atoms with Crippen molar-refractivity contribution in [1.29, 1.82) is 0 Å². The minimum atomic E-state index is 0.307. The number of aryl methyl sites for hydroxylation is 2. The summed E-state index contributed by atoms with van der Waals surface area (Å²) < 4.78 is 0. The fourth-order valence-corrected chi connectivity index (χ4v) is 2.89. The molecule has 0 spiro atoms. The van der Waals surface area contributed by atoms with E-state index in [1.807, 2.05) is 6.07 Å². The van der Waals surface area contributed by atoms with Gasteiger partial charge in [0.25, 0.3) is 0 Å². The Kier molecular flexibility index (Phi) is 5.84. The summed E-state index contributed by atoms with van der Waals surface area (Å²) in [5.74, 6) is 0. The van der Waals surface area contributed by atoms with Crippen molar-refractivity contribution < 1.29 is 0 Å². The van der Waals surface area contributed by atoms with E-state index in [4.69, 9.17) is 11.6 Å². The van der Waals surface area contributed by atoms with Crippen LogP contribution in [-0.2, 0) is 12.8 Å². The van der Waals surface area contributed by atoms with E-state index < -0.39 is 0 Å². The van der Waals surface area contributed by atoms with Gasteiger partial charge in [0, 0.05) is 11.1 Å². The fourth-order valence-electron chi connectivity index (χ4n) is 2.58. The monoisotopic (exact) mass is 301 g/mol. The number of nitrogens with one attached hydrogen (secondary N) is 1. The summed E-state index contributed by atoms with van der Waals surface area (Å²) in [5, 5.41) is 4.43. The first-order chi connectivity index (χ1) is 10.1. The van der Waals surface area contributed by atoms with Crippen molar-refractivity contribution in [2.75, 3.05) is 6.54 Å². The van der Waals surface area contributed by atoms with Crippen molar-refractivity contribution in [2.24, 2.45) is 0 Å². The molecule has 2 heteroatoms. The van der Waals surface area contributed by atoms with Gasteiger partial charge in [-0.15, -0.1) is 0 Å². The standard InChI is InChI=1S/C19H24ClN/c1-4-15-7-10-16(11-8-15)19(21-5-2)13-17-9-6-14(3)12-18(17)20/h6-12,19,21H,4-5,13H2,1-3H3. The number of likely N-dealkylation sites (N-methyl/N-ethyl adjacent to an activating group) is 1. The highest BCUT2D eigenvalue weighted by molar-refractivity contribution is 6.31. The van der Waals surface area contributed by atoms with Crippen LogP contribution in [-0.4, -0.2) is 6.54 Å². The molecule has 1 N–H and O–H groups in total. The Morgan fingerprint density at radius 3 is 2.33 bits per heavy atom. The lowest BCUT2D eigenvalue weighted by molar-refractivity contribution is 0.550. The van der Waals surface area contributed by atoms with Crippen molar-refractivity contribution >= 4 is 11.6 Å². The maximum Gasteiger partial charge on any atom is 0.0441 e. The maximum atomic E-state index is 6.38. The fraction of sp³-hybridized carbons (Fsp3) is 0.368. The second kappa shape index (κ2) is 7.63. The smallest absolute Gasteiger partial charge is 0.0441 e. The van der Waals surface area contributed by atoms with E-state index >= 15 is 0 Å². The van der Waals surface area contributed by atoms with Crippen LogP contribution in [0.25, 0.3) is 0 Å². The third-order valence-corrected chi connectivity index (χ3v) is 4.23. The van der Waals surface area contributed by atoms with Crippen molar-refractivity contribution in [2.45, 2.75) is 39.7 Å². The molecule has 0 saturated heterocycles. The first-order valence-corrected chi connectivity index (χ1v) is 8.09. The average Bonchev–Trinajstić information content (AvgIpc) is 2.49. The Balaban J connectivity index is 2.21. The number of hydrogen-bond acceptors (Lipinski definition) is 1. The topological polar surface area (TPSA) is 12.0 Å². The molecule has 0 amide bonds. The maximum absolute atomic E-state index is 6.38. The SMILES string of the molecule is CCNC(Cc1ccc(C)cc1Cl)c1ccc(CC)cc1. The zero-order chi connectivity index (χ0) is 15.2. The molecule has 112 valence electrons. The van der Waals surface area contributed by atoms with Crippen molar-refractivity contribution in [1.82, 2.24) is 5.32 Å². The van der Waals surface area contributed by atoms with Gasteiger partial charge in [0.2, 0.25) is 0 Å². The van der Waals surface area contributed by atoms with Crippen LogP contribution in [0.5, 0.6) is 0 Å². The van der Waals surface area contributed by atoms with Crippen LogP contribution < -0.4 is 5.32 Å². The molecule has 0 aliphatic heterocycles. The van der Waals surface area contributed by atoms with Crippen LogP contribution in [0.3, 0.4) is 0 Å². The summed E-state index contributed by atoms with van der Waals surface area (Å²) in [5.41, 5.74) is 5.11. The van der Waals surface area contributed by atoms with Crippen LogP contribution in [0.2, 0.25) is 5.02 Å². The van der Waals surface area contributed by atoms with E-state index in [1.165, 1.54) is 22.3 Å². The average molecular weight is 302 g/mol. The highest BCUT2D eigenvalue weighted by atomic mass is 35.5. The molecule has 0 bridgehead atoms. The molecule has 0 fully saturated rings. The Morgan fingerprint density at radius 2 is 1.76 bits per heavy atom. The van der Waals surface area contributed by atoms with Crippen LogP contribution in [0, 0.1) is 6.92 Å². The van der Waals surface area contributed by atoms with Gasteiger partial charge in [-0.25, -0.2) is 0 Å². The Morgan fingerprint density at radius 1 is 1.05 bits per heavy atom. The highest BCUT2D eigenvalue weighted by Crippen LogP contribution is 2.25. The van der Waals surface area contributed by atoms with Crippen LogP contribution in [0.4, 0.5) is 0 Å². The van der Waals surface area contributed by atoms with E-state index in [0.29, 0.717) is 6.04 Å². The van der Waals surface area contributed by atoms with Gasteiger partial charge in [-0.05, 0) is 54.6 Å². The van der Waals surface area contributed by atoms with Crippen molar-refractivity contribution in [3.63, 3.8) is 0 Å². The van der Waals surface area contributed by atoms with Gasteiger partial charge < -0.3 is 5.32 Å². The number of hydrogen-bond donors (Lipinski definition) is 1. The van der Waals surface area contributed by atoms with Gasteiger partial charge in [-0.1, -0.05) is 61.8 Å². The summed E-state index contributed by atoms with van der Waals surface area (Å²) in [6.07, 6.45) is 1.99. The summed E-state index contributed by atoms with van der Waals surface area (Å²) in [7, 11) is 0. The van der Waals surface area contributed by atoms with Gasteiger partial charge in [0.15, 0.2) is 0 Å². The summed E-state index contributed by atoms with van der Waals surface area (Å²) in [6, 6.07) is 15.5. The van der Waals surface area contributed by atoms with E-state index in [9.17, 15) is 0 Å². The lowest BCUT2D eigenvalue weighted by atomic mass is 9.97. The zero-order valence-corrected chi connectivity index (χ0v) is 13.9. The molecule has 0 saturated carbocycles. The molecule has 0 heterocycles. The normalized spacial score (nSPS) is 12.4. The van der Waals surface area contributed by atoms with Gasteiger partial charge in [-0.3, -0.25) is 0 Å². The highest BCUT2D eigenvalue weighted by Gasteiger charge is 2.13. The molecule has 2 rings (SSSR count). The largest absolute Gasteiger partial charge is 0.310 e. The molecular formula is C19H24ClN. The Labute approximate surface area is 133 Å². The lowest BCUT2D eigenvalue weighted by Gasteiger charge is -2.20. The number of halogens is 1. The van der Waals surface area contributed by atoms with Gasteiger partial charge in [-0.2, -0.15) is 0 Å². The first kappa shape index (κ1) is 16.1. The molecule has 0 aromatic heterocycles. The van der Waals surface area contributed by atoms with E-state index in [-0.39, 0.29) is 0 Å². The molecule has 2 aromatic carbocycles. The van der Waals surface area contributed by atoms with Gasteiger partial charge in [0.1, 0.15) is 0 Å². The molecule has 1 atom stereocenters. The third-order valence-electron chi connectivity index (χ3n) is 3.87. The molecule has 21 heavy (non-hydrogen) atoms. The van der Waals surface area contributed by atoms with Crippen molar-refractivity contribution in [3.8, 4) is 0 Å². The number of rotatable bonds is 6. The van der Waals surface area contributed by atoms with Crippen molar-refractivity contribution in [3.05, 3.63) is 69.7 Å². The van der Waals surface area contributed by atoms with E-state index in [2.05, 4.69) is 62.5 Å². The molecule has 0 aliphatic rings. The second-order valence-corrected chi connectivity index (χ2v) is 5.91. The first-order valence-electron chi connectivity index (χ1n) is 7.71. The molecule has 2 aromatic rings. The molecule has 0 radical (unpaired) electrons.